The zero-order valence-corrected chi connectivity index (χ0v) is 11.7. The van der Waals surface area contributed by atoms with Crippen molar-refractivity contribution in [2.24, 2.45) is 0 Å². The standard InChI is InChI=1S/C15H23NO3/c1-4-9-15(2,17)12-16-10-11-19-14-8-6-5-7-13(14)18-3/h4-8,16-17H,1,9-12H2,2-3H3/t15-/m0/s1. The SMILES string of the molecule is C=CC[C@](C)(O)CNCCOc1ccccc1OC. The highest BCUT2D eigenvalue weighted by Crippen LogP contribution is 2.25. The summed E-state index contributed by atoms with van der Waals surface area (Å²) in [5, 5.41) is 13.1. The maximum absolute atomic E-state index is 9.92. The molecule has 19 heavy (non-hydrogen) atoms. The number of ether oxygens (including phenoxy) is 2. The number of hydrogen-bond donors (Lipinski definition) is 2. The molecule has 1 aromatic rings. The molecule has 0 aliphatic heterocycles. The third kappa shape index (κ3) is 5.77. The van der Waals surface area contributed by atoms with E-state index in [1.165, 1.54) is 0 Å². The van der Waals surface area contributed by atoms with Gasteiger partial charge in [-0.1, -0.05) is 18.2 Å². The van der Waals surface area contributed by atoms with Crippen molar-refractivity contribution in [2.45, 2.75) is 18.9 Å². The molecule has 2 N–H and O–H groups in total. The van der Waals surface area contributed by atoms with Gasteiger partial charge in [-0.2, -0.15) is 0 Å². The van der Waals surface area contributed by atoms with E-state index in [4.69, 9.17) is 9.47 Å². The quantitative estimate of drug-likeness (QED) is 0.529. The molecule has 0 saturated carbocycles. The van der Waals surface area contributed by atoms with Crippen molar-refractivity contribution < 1.29 is 14.6 Å². The van der Waals surface area contributed by atoms with Gasteiger partial charge in [0.2, 0.25) is 0 Å². The number of rotatable bonds is 9. The molecule has 4 nitrogen and oxygen atoms in total. The van der Waals surface area contributed by atoms with Gasteiger partial charge in [0.15, 0.2) is 11.5 Å². The number of para-hydroxylation sites is 2. The molecule has 1 aromatic carbocycles. The van der Waals surface area contributed by atoms with Crippen LogP contribution in [0.3, 0.4) is 0 Å². The zero-order valence-electron chi connectivity index (χ0n) is 11.7. The Kier molecular flexibility index (Phi) is 6.39. The van der Waals surface area contributed by atoms with Gasteiger partial charge in [-0.25, -0.2) is 0 Å². The lowest BCUT2D eigenvalue weighted by molar-refractivity contribution is 0.0622. The molecule has 1 atom stereocenters. The van der Waals surface area contributed by atoms with Crippen LogP contribution in [0.5, 0.6) is 11.5 Å². The van der Waals surface area contributed by atoms with Crippen LogP contribution in [-0.2, 0) is 0 Å². The highest BCUT2D eigenvalue weighted by Gasteiger charge is 2.17. The Morgan fingerprint density at radius 2 is 2.05 bits per heavy atom. The summed E-state index contributed by atoms with van der Waals surface area (Å²) in [6, 6.07) is 7.53. The second-order valence-electron chi connectivity index (χ2n) is 4.67. The molecule has 0 bridgehead atoms. The van der Waals surface area contributed by atoms with Crippen molar-refractivity contribution >= 4 is 0 Å². The molecule has 0 radical (unpaired) electrons. The molecule has 4 heteroatoms. The van der Waals surface area contributed by atoms with E-state index in [0.29, 0.717) is 26.1 Å². The van der Waals surface area contributed by atoms with E-state index in [0.717, 1.165) is 11.5 Å². The summed E-state index contributed by atoms with van der Waals surface area (Å²) in [5.41, 5.74) is -0.758. The summed E-state index contributed by atoms with van der Waals surface area (Å²) < 4.78 is 10.8. The first kappa shape index (κ1) is 15.5. The summed E-state index contributed by atoms with van der Waals surface area (Å²) in [4.78, 5) is 0. The number of aliphatic hydroxyl groups is 1. The van der Waals surface area contributed by atoms with Gasteiger partial charge < -0.3 is 19.9 Å². The van der Waals surface area contributed by atoms with Crippen LogP contribution in [0.25, 0.3) is 0 Å². The van der Waals surface area contributed by atoms with Crippen molar-refractivity contribution in [1.82, 2.24) is 5.32 Å². The lowest BCUT2D eigenvalue weighted by Crippen LogP contribution is -2.38. The van der Waals surface area contributed by atoms with E-state index >= 15 is 0 Å². The first-order chi connectivity index (χ1) is 9.09. The fourth-order valence-corrected chi connectivity index (χ4v) is 1.71. The van der Waals surface area contributed by atoms with Gasteiger partial charge in [-0.05, 0) is 25.5 Å². The minimum absolute atomic E-state index is 0.508. The molecule has 0 aromatic heterocycles. The maximum Gasteiger partial charge on any atom is 0.161 e. The maximum atomic E-state index is 9.92. The number of hydrogen-bond acceptors (Lipinski definition) is 4. The molecule has 0 fully saturated rings. The first-order valence-electron chi connectivity index (χ1n) is 6.39. The topological polar surface area (TPSA) is 50.7 Å². The first-order valence-corrected chi connectivity index (χ1v) is 6.39. The normalized spacial score (nSPS) is 13.6. The van der Waals surface area contributed by atoms with Crippen molar-refractivity contribution in [1.29, 1.82) is 0 Å². The van der Waals surface area contributed by atoms with Gasteiger partial charge >= 0.3 is 0 Å². The smallest absolute Gasteiger partial charge is 0.161 e. The predicted octanol–water partition coefficient (Wildman–Crippen LogP) is 1.99. The fourth-order valence-electron chi connectivity index (χ4n) is 1.71. The van der Waals surface area contributed by atoms with Gasteiger partial charge in [-0.15, -0.1) is 6.58 Å². The molecule has 0 heterocycles. The molecule has 0 aliphatic rings. The van der Waals surface area contributed by atoms with Gasteiger partial charge in [0, 0.05) is 13.1 Å². The minimum Gasteiger partial charge on any atom is -0.493 e. The van der Waals surface area contributed by atoms with Crippen molar-refractivity contribution in [3.8, 4) is 11.5 Å². The third-order valence-electron chi connectivity index (χ3n) is 2.70. The van der Waals surface area contributed by atoms with Crippen LogP contribution in [0.1, 0.15) is 13.3 Å². The van der Waals surface area contributed by atoms with Crippen LogP contribution in [0, 0.1) is 0 Å². The Morgan fingerprint density at radius 3 is 2.68 bits per heavy atom. The summed E-state index contributed by atoms with van der Waals surface area (Å²) in [6.45, 7) is 7.09. The largest absolute Gasteiger partial charge is 0.493 e. The average Bonchev–Trinajstić information content (AvgIpc) is 2.38. The summed E-state index contributed by atoms with van der Waals surface area (Å²) in [5.74, 6) is 1.45. The molecular weight excluding hydrogens is 242 g/mol. The molecule has 0 unspecified atom stereocenters. The monoisotopic (exact) mass is 265 g/mol. The highest BCUT2D eigenvalue weighted by molar-refractivity contribution is 5.39. The van der Waals surface area contributed by atoms with Crippen molar-refractivity contribution in [3.63, 3.8) is 0 Å². The van der Waals surface area contributed by atoms with E-state index in [-0.39, 0.29) is 0 Å². The van der Waals surface area contributed by atoms with E-state index in [2.05, 4.69) is 11.9 Å². The van der Waals surface area contributed by atoms with Gasteiger partial charge in [0.05, 0.1) is 12.7 Å². The Balaban J connectivity index is 2.26. The molecular formula is C15H23NO3. The number of methoxy groups -OCH3 is 1. The molecule has 1 rings (SSSR count). The van der Waals surface area contributed by atoms with Gasteiger partial charge in [-0.3, -0.25) is 0 Å². The van der Waals surface area contributed by atoms with Gasteiger partial charge in [0.1, 0.15) is 6.61 Å². The van der Waals surface area contributed by atoms with Crippen LogP contribution in [-0.4, -0.2) is 37.5 Å². The molecule has 106 valence electrons. The highest BCUT2D eigenvalue weighted by atomic mass is 16.5. The van der Waals surface area contributed by atoms with Crippen LogP contribution in [0.2, 0.25) is 0 Å². The predicted molar refractivity (Wildman–Crippen MR) is 76.8 cm³/mol. The fraction of sp³-hybridized carbons (Fsp3) is 0.467. The molecule has 0 aliphatic carbocycles. The second-order valence-corrected chi connectivity index (χ2v) is 4.67. The molecule has 0 saturated heterocycles. The lowest BCUT2D eigenvalue weighted by Gasteiger charge is -2.22. The third-order valence-corrected chi connectivity index (χ3v) is 2.70. The molecule has 0 spiro atoms. The Hall–Kier alpha value is -1.52. The van der Waals surface area contributed by atoms with Crippen LogP contribution >= 0.6 is 0 Å². The Labute approximate surface area is 115 Å². The van der Waals surface area contributed by atoms with Crippen LogP contribution < -0.4 is 14.8 Å². The van der Waals surface area contributed by atoms with Gasteiger partial charge in [0.25, 0.3) is 0 Å². The summed E-state index contributed by atoms with van der Waals surface area (Å²) >= 11 is 0. The van der Waals surface area contributed by atoms with Crippen LogP contribution in [0.15, 0.2) is 36.9 Å². The Bertz CT molecular complexity index is 391. The number of nitrogens with one attached hydrogen (secondary N) is 1. The number of benzene rings is 1. The van der Waals surface area contributed by atoms with E-state index < -0.39 is 5.60 Å². The van der Waals surface area contributed by atoms with E-state index in [1.54, 1.807) is 20.1 Å². The van der Waals surface area contributed by atoms with Crippen LogP contribution in [0.4, 0.5) is 0 Å². The Morgan fingerprint density at radius 1 is 1.37 bits per heavy atom. The van der Waals surface area contributed by atoms with E-state index in [9.17, 15) is 5.11 Å². The summed E-state index contributed by atoms with van der Waals surface area (Å²) in [6.07, 6.45) is 2.28. The zero-order chi connectivity index (χ0) is 14.1. The lowest BCUT2D eigenvalue weighted by atomic mass is 10.0. The summed E-state index contributed by atoms with van der Waals surface area (Å²) in [7, 11) is 1.62. The molecule has 0 amide bonds. The minimum atomic E-state index is -0.758. The second kappa shape index (κ2) is 7.81. The van der Waals surface area contributed by atoms with Crippen molar-refractivity contribution in [3.05, 3.63) is 36.9 Å². The van der Waals surface area contributed by atoms with Crippen molar-refractivity contribution in [2.75, 3.05) is 26.8 Å². The average molecular weight is 265 g/mol. The van der Waals surface area contributed by atoms with E-state index in [1.807, 2.05) is 24.3 Å².